The number of rotatable bonds is 9. The van der Waals surface area contributed by atoms with Crippen LogP contribution in [-0.4, -0.2) is 35.7 Å². The number of methoxy groups -OCH3 is 3. The molecule has 0 aromatic heterocycles. The van der Waals surface area contributed by atoms with Gasteiger partial charge in [0.15, 0.2) is 0 Å². The average Bonchev–Trinajstić information content (AvgIpc) is 2.83. The highest BCUT2D eigenvalue weighted by Gasteiger charge is 2.17. The van der Waals surface area contributed by atoms with Crippen LogP contribution in [0.25, 0.3) is 6.08 Å². The Morgan fingerprint density at radius 1 is 0.818 bits per heavy atom. The van der Waals surface area contributed by atoms with E-state index in [0.717, 1.165) is 11.3 Å². The van der Waals surface area contributed by atoms with Crippen LogP contribution in [0.4, 0.5) is 11.4 Å². The number of carbonyl (C=O) groups excluding carboxylic acids is 1. The predicted molar refractivity (Wildman–Crippen MR) is 127 cm³/mol. The molecular weight excluding hydrogens is 444 g/mol. The van der Waals surface area contributed by atoms with Gasteiger partial charge in [0.1, 0.15) is 17.2 Å². The van der Waals surface area contributed by atoms with Crippen molar-refractivity contribution in [1.82, 2.24) is 0 Å². The zero-order valence-corrected chi connectivity index (χ0v) is 19.2. The van der Waals surface area contributed by atoms with Gasteiger partial charge in [-0.05, 0) is 60.2 Å². The summed E-state index contributed by atoms with van der Waals surface area (Å²) in [6.45, 7) is 0. The molecule has 0 unspecified atom stereocenters. The van der Waals surface area contributed by atoms with Gasteiger partial charge in [-0.1, -0.05) is 12.1 Å². The van der Waals surface area contributed by atoms with Crippen molar-refractivity contribution in [3.63, 3.8) is 0 Å². The monoisotopic (exact) mass is 468 g/mol. The molecule has 0 saturated carbocycles. The second kappa shape index (κ2) is 10.6. The van der Waals surface area contributed by atoms with Gasteiger partial charge in [0.05, 0.1) is 31.9 Å². The molecule has 0 fully saturated rings. The highest BCUT2D eigenvalue weighted by molar-refractivity contribution is 7.92. The first kappa shape index (κ1) is 23.7. The summed E-state index contributed by atoms with van der Waals surface area (Å²) in [5, 5.41) is 2.69. The van der Waals surface area contributed by atoms with Crippen LogP contribution in [-0.2, 0) is 14.8 Å². The van der Waals surface area contributed by atoms with E-state index in [2.05, 4.69) is 10.0 Å². The maximum absolute atomic E-state index is 12.8. The Morgan fingerprint density at radius 3 is 2.06 bits per heavy atom. The number of hydrogen-bond donors (Lipinski definition) is 2. The van der Waals surface area contributed by atoms with Gasteiger partial charge in [0.25, 0.3) is 10.0 Å². The Balaban J connectivity index is 1.66. The van der Waals surface area contributed by atoms with E-state index in [1.165, 1.54) is 44.6 Å². The summed E-state index contributed by atoms with van der Waals surface area (Å²) in [6, 6.07) is 17.8. The largest absolute Gasteiger partial charge is 0.497 e. The topological polar surface area (TPSA) is 103 Å². The molecule has 0 heterocycles. The molecule has 0 aliphatic rings. The minimum atomic E-state index is -3.87. The predicted octanol–water partition coefficient (Wildman–Crippen LogP) is 4.17. The lowest BCUT2D eigenvalue weighted by Crippen LogP contribution is -2.14. The number of benzene rings is 3. The van der Waals surface area contributed by atoms with Gasteiger partial charge < -0.3 is 19.5 Å². The Kier molecular flexibility index (Phi) is 7.57. The lowest BCUT2D eigenvalue weighted by atomic mass is 10.2. The number of amides is 1. The quantitative estimate of drug-likeness (QED) is 0.457. The van der Waals surface area contributed by atoms with E-state index in [1.807, 2.05) is 12.1 Å². The highest BCUT2D eigenvalue weighted by Crippen LogP contribution is 2.31. The van der Waals surface area contributed by atoms with Crippen molar-refractivity contribution in [2.45, 2.75) is 4.90 Å². The van der Waals surface area contributed by atoms with E-state index in [4.69, 9.17) is 14.2 Å². The van der Waals surface area contributed by atoms with Crippen molar-refractivity contribution < 1.29 is 27.4 Å². The summed E-state index contributed by atoms with van der Waals surface area (Å²) in [7, 11) is 0.659. The van der Waals surface area contributed by atoms with Crippen LogP contribution >= 0.6 is 0 Å². The van der Waals surface area contributed by atoms with Crippen LogP contribution in [0, 0.1) is 0 Å². The van der Waals surface area contributed by atoms with Crippen LogP contribution in [0.5, 0.6) is 17.2 Å². The van der Waals surface area contributed by atoms with Gasteiger partial charge in [-0.3, -0.25) is 9.52 Å². The number of hydrogen-bond acceptors (Lipinski definition) is 6. The van der Waals surface area contributed by atoms with Crippen LogP contribution in [0.2, 0.25) is 0 Å². The maximum Gasteiger partial charge on any atom is 0.262 e. The molecule has 2 N–H and O–H groups in total. The van der Waals surface area contributed by atoms with Crippen molar-refractivity contribution in [3.8, 4) is 17.2 Å². The number of carbonyl (C=O) groups is 1. The summed E-state index contributed by atoms with van der Waals surface area (Å²) in [5.41, 5.74) is 1.58. The molecule has 0 bridgehead atoms. The average molecular weight is 469 g/mol. The molecule has 172 valence electrons. The Labute approximate surface area is 192 Å². The van der Waals surface area contributed by atoms with Crippen LogP contribution in [0.1, 0.15) is 5.56 Å². The Hall–Kier alpha value is -3.98. The first-order chi connectivity index (χ1) is 15.8. The van der Waals surface area contributed by atoms with Crippen molar-refractivity contribution in [2.24, 2.45) is 0 Å². The third-order valence-corrected chi connectivity index (χ3v) is 6.01. The summed E-state index contributed by atoms with van der Waals surface area (Å²) in [5.74, 6) is 1.25. The molecule has 0 saturated heterocycles. The van der Waals surface area contributed by atoms with E-state index >= 15 is 0 Å². The second-order valence-corrected chi connectivity index (χ2v) is 8.47. The van der Waals surface area contributed by atoms with Gasteiger partial charge in [-0.2, -0.15) is 0 Å². The molecule has 3 rings (SSSR count). The molecule has 0 spiro atoms. The fourth-order valence-electron chi connectivity index (χ4n) is 2.87. The van der Waals surface area contributed by atoms with Gasteiger partial charge in [0.2, 0.25) is 5.91 Å². The molecule has 3 aromatic carbocycles. The standard InChI is InChI=1S/C24H24N2O6S/c1-30-19-9-4-17(5-10-19)6-15-24(27)25-18-7-12-21(13-8-18)33(28,29)26-22-14-11-20(31-2)16-23(22)32-3/h4-16,26H,1-3H3,(H,25,27)/b15-6+. The summed E-state index contributed by atoms with van der Waals surface area (Å²) in [6.07, 6.45) is 3.06. The number of ether oxygens (including phenoxy) is 3. The van der Waals surface area contributed by atoms with E-state index in [-0.39, 0.29) is 16.5 Å². The van der Waals surface area contributed by atoms with Crippen LogP contribution in [0.3, 0.4) is 0 Å². The van der Waals surface area contributed by atoms with Gasteiger partial charge in [0, 0.05) is 17.8 Å². The molecule has 0 atom stereocenters. The van der Waals surface area contributed by atoms with Crippen molar-refractivity contribution in [1.29, 1.82) is 0 Å². The van der Waals surface area contributed by atoms with Crippen LogP contribution in [0.15, 0.2) is 77.7 Å². The Morgan fingerprint density at radius 2 is 1.45 bits per heavy atom. The molecule has 9 heteroatoms. The molecule has 0 aliphatic heterocycles. The second-order valence-electron chi connectivity index (χ2n) is 6.79. The molecule has 1 amide bonds. The zero-order valence-electron chi connectivity index (χ0n) is 18.4. The van der Waals surface area contributed by atoms with E-state index in [0.29, 0.717) is 17.2 Å². The summed E-state index contributed by atoms with van der Waals surface area (Å²) >= 11 is 0. The van der Waals surface area contributed by atoms with Gasteiger partial charge in [-0.25, -0.2) is 8.42 Å². The first-order valence-corrected chi connectivity index (χ1v) is 11.3. The third-order valence-electron chi connectivity index (χ3n) is 4.63. The molecule has 0 radical (unpaired) electrons. The molecule has 0 aliphatic carbocycles. The maximum atomic E-state index is 12.8. The van der Waals surface area contributed by atoms with E-state index < -0.39 is 10.0 Å². The molecule has 33 heavy (non-hydrogen) atoms. The van der Waals surface area contributed by atoms with E-state index in [1.54, 1.807) is 43.5 Å². The third kappa shape index (κ3) is 6.27. The van der Waals surface area contributed by atoms with Gasteiger partial charge >= 0.3 is 0 Å². The fraction of sp³-hybridized carbons (Fsp3) is 0.125. The smallest absolute Gasteiger partial charge is 0.262 e. The fourth-order valence-corrected chi connectivity index (χ4v) is 3.95. The summed E-state index contributed by atoms with van der Waals surface area (Å²) < 4.78 is 43.5. The van der Waals surface area contributed by atoms with Gasteiger partial charge in [-0.15, -0.1) is 0 Å². The van der Waals surface area contributed by atoms with Crippen molar-refractivity contribution in [2.75, 3.05) is 31.4 Å². The number of anilines is 2. The zero-order chi connectivity index (χ0) is 23.8. The summed E-state index contributed by atoms with van der Waals surface area (Å²) in [4.78, 5) is 12.2. The lowest BCUT2D eigenvalue weighted by molar-refractivity contribution is -0.111. The SMILES string of the molecule is COc1ccc(/C=C/C(=O)Nc2ccc(S(=O)(=O)Nc3ccc(OC)cc3OC)cc2)cc1. The normalized spacial score (nSPS) is 11.1. The Bertz CT molecular complexity index is 1240. The number of nitrogens with one attached hydrogen (secondary N) is 2. The molecular formula is C24H24N2O6S. The molecule has 3 aromatic rings. The van der Waals surface area contributed by atoms with Crippen LogP contribution < -0.4 is 24.2 Å². The lowest BCUT2D eigenvalue weighted by Gasteiger charge is -2.13. The minimum Gasteiger partial charge on any atom is -0.497 e. The van der Waals surface area contributed by atoms with Crippen molar-refractivity contribution >= 4 is 33.4 Å². The molecule has 8 nitrogen and oxygen atoms in total. The van der Waals surface area contributed by atoms with E-state index in [9.17, 15) is 13.2 Å². The minimum absolute atomic E-state index is 0.0344. The first-order valence-electron chi connectivity index (χ1n) is 9.82. The number of sulfonamides is 1. The highest BCUT2D eigenvalue weighted by atomic mass is 32.2. The van der Waals surface area contributed by atoms with Crippen molar-refractivity contribution in [3.05, 3.63) is 78.4 Å².